The fourth-order valence-corrected chi connectivity index (χ4v) is 4.01. The number of esters is 1. The maximum atomic E-state index is 12.5. The van der Waals surface area contributed by atoms with Gasteiger partial charge in [-0.2, -0.15) is 5.26 Å². The van der Waals surface area contributed by atoms with Crippen LogP contribution in [0.5, 0.6) is 5.75 Å². The Balaban J connectivity index is 1.59. The second-order valence-corrected chi connectivity index (χ2v) is 7.94. The third-order valence-corrected chi connectivity index (χ3v) is 5.78. The number of nitriles is 1. The van der Waals surface area contributed by atoms with E-state index in [1.807, 2.05) is 18.4 Å². The molecule has 2 aromatic rings. The van der Waals surface area contributed by atoms with Crippen LogP contribution in [-0.4, -0.2) is 35.4 Å². The zero-order valence-electron chi connectivity index (χ0n) is 18.6. The summed E-state index contributed by atoms with van der Waals surface area (Å²) in [6.07, 6.45) is 4.23. The van der Waals surface area contributed by atoms with Gasteiger partial charge < -0.3 is 19.4 Å². The van der Waals surface area contributed by atoms with E-state index in [2.05, 4.69) is 11.4 Å². The zero-order valence-corrected chi connectivity index (χ0v) is 18.6. The fourth-order valence-electron chi connectivity index (χ4n) is 4.01. The number of nitrogens with one attached hydrogen (secondary N) is 1. The number of hydrogen-bond donors (Lipinski definition) is 1. The molecular formula is C24H27N3O5. The highest BCUT2D eigenvalue weighted by molar-refractivity contribution is 5.94. The summed E-state index contributed by atoms with van der Waals surface area (Å²) in [7, 11) is 0. The van der Waals surface area contributed by atoms with Crippen molar-refractivity contribution in [3.8, 4) is 11.8 Å². The van der Waals surface area contributed by atoms with Gasteiger partial charge in [-0.1, -0.05) is 25.0 Å². The first kappa shape index (κ1) is 23.1. The lowest BCUT2D eigenvalue weighted by molar-refractivity contribution is -0.149. The molecule has 1 heterocycles. The molecule has 0 unspecified atom stereocenters. The molecule has 168 valence electrons. The van der Waals surface area contributed by atoms with Crippen LogP contribution in [0.4, 0.5) is 5.82 Å². The minimum absolute atomic E-state index is 0.112. The zero-order chi connectivity index (χ0) is 23.3. The second-order valence-electron chi connectivity index (χ2n) is 7.94. The average Bonchev–Trinajstić information content (AvgIpc) is 3.38. The Hall–Kier alpha value is -3.60. The molecule has 0 aliphatic heterocycles. The molecule has 0 saturated heterocycles. The topological polar surface area (TPSA) is 110 Å². The van der Waals surface area contributed by atoms with Gasteiger partial charge in [-0.3, -0.25) is 9.59 Å². The summed E-state index contributed by atoms with van der Waals surface area (Å²) in [6.45, 7) is 4.37. The van der Waals surface area contributed by atoms with E-state index in [1.54, 1.807) is 18.2 Å². The first-order valence-corrected chi connectivity index (χ1v) is 10.6. The summed E-state index contributed by atoms with van der Waals surface area (Å²) in [5, 5.41) is 12.4. The van der Waals surface area contributed by atoms with Crippen LogP contribution >= 0.6 is 0 Å². The Morgan fingerprint density at radius 2 is 1.91 bits per heavy atom. The molecule has 8 heteroatoms. The van der Waals surface area contributed by atoms with Crippen molar-refractivity contribution < 1.29 is 23.9 Å². The lowest BCUT2D eigenvalue weighted by atomic mass is 10.1. The van der Waals surface area contributed by atoms with Gasteiger partial charge in [-0.05, 0) is 51.3 Å². The smallest absolute Gasteiger partial charge is 0.344 e. The SMILES string of the molecule is CC(=O)c1cccc(OCC(=O)OCC(=O)Nc2c(C#N)c(C)c(C)n2C2CCCC2)c1. The van der Waals surface area contributed by atoms with Gasteiger partial charge in [-0.15, -0.1) is 0 Å². The molecule has 8 nitrogen and oxygen atoms in total. The quantitative estimate of drug-likeness (QED) is 0.496. The Morgan fingerprint density at radius 3 is 2.56 bits per heavy atom. The minimum atomic E-state index is -0.715. The number of ketones is 1. The maximum Gasteiger partial charge on any atom is 0.344 e. The summed E-state index contributed by atoms with van der Waals surface area (Å²) < 4.78 is 12.4. The van der Waals surface area contributed by atoms with Crippen LogP contribution in [0.1, 0.15) is 65.8 Å². The molecule has 32 heavy (non-hydrogen) atoms. The number of carbonyl (C=O) groups excluding carboxylic acids is 3. The van der Waals surface area contributed by atoms with Crippen molar-refractivity contribution in [2.24, 2.45) is 0 Å². The van der Waals surface area contributed by atoms with Gasteiger partial charge in [0.1, 0.15) is 17.6 Å². The number of nitrogens with zero attached hydrogens (tertiary/aromatic N) is 2. The molecule has 1 N–H and O–H groups in total. The van der Waals surface area contributed by atoms with Gasteiger partial charge in [0.05, 0.1) is 5.56 Å². The van der Waals surface area contributed by atoms with Crippen LogP contribution in [0.3, 0.4) is 0 Å². The van der Waals surface area contributed by atoms with Crippen molar-refractivity contribution in [2.45, 2.75) is 52.5 Å². The molecule has 1 aromatic heterocycles. The van der Waals surface area contributed by atoms with Gasteiger partial charge in [0.2, 0.25) is 0 Å². The maximum absolute atomic E-state index is 12.5. The number of ether oxygens (including phenoxy) is 2. The Labute approximate surface area is 187 Å². The Kier molecular flexibility index (Phi) is 7.31. The molecule has 1 aliphatic rings. The highest BCUT2D eigenvalue weighted by atomic mass is 16.6. The molecule has 1 aromatic carbocycles. The van der Waals surface area contributed by atoms with E-state index in [4.69, 9.17) is 9.47 Å². The number of anilines is 1. The molecular weight excluding hydrogens is 410 g/mol. The predicted molar refractivity (Wildman–Crippen MR) is 118 cm³/mol. The molecule has 1 aliphatic carbocycles. The van der Waals surface area contributed by atoms with E-state index in [1.165, 1.54) is 13.0 Å². The van der Waals surface area contributed by atoms with Gasteiger partial charge in [0.25, 0.3) is 5.91 Å². The Bertz CT molecular complexity index is 1070. The molecule has 0 bridgehead atoms. The molecule has 0 atom stereocenters. The molecule has 1 amide bonds. The number of hydrogen-bond acceptors (Lipinski definition) is 6. The van der Waals surface area contributed by atoms with E-state index in [-0.39, 0.29) is 11.8 Å². The van der Waals surface area contributed by atoms with Gasteiger partial charge in [0, 0.05) is 17.3 Å². The standard InChI is InChI=1S/C24H27N3O5/c1-15-16(2)27(19-8-4-5-9-19)24(21(15)12-25)26-22(29)13-32-23(30)14-31-20-10-6-7-18(11-20)17(3)28/h6-7,10-11,19H,4-5,8-9,13-14H2,1-3H3,(H,26,29). The molecule has 1 saturated carbocycles. The van der Waals surface area contributed by atoms with Gasteiger partial charge in [-0.25, -0.2) is 4.79 Å². The van der Waals surface area contributed by atoms with Crippen LogP contribution in [-0.2, 0) is 14.3 Å². The summed E-state index contributed by atoms with van der Waals surface area (Å²) in [5.74, 6) is -0.525. The van der Waals surface area contributed by atoms with E-state index >= 15 is 0 Å². The number of amides is 1. The van der Waals surface area contributed by atoms with Crippen molar-refractivity contribution >= 4 is 23.5 Å². The first-order valence-electron chi connectivity index (χ1n) is 10.6. The van der Waals surface area contributed by atoms with Gasteiger partial charge >= 0.3 is 5.97 Å². The van der Waals surface area contributed by atoms with E-state index < -0.39 is 25.1 Å². The van der Waals surface area contributed by atoms with Crippen molar-refractivity contribution in [3.63, 3.8) is 0 Å². The van der Waals surface area contributed by atoms with E-state index in [0.29, 0.717) is 22.7 Å². The minimum Gasteiger partial charge on any atom is -0.482 e. The summed E-state index contributed by atoms with van der Waals surface area (Å²) in [4.78, 5) is 35.9. The number of carbonyl (C=O) groups is 3. The fraction of sp³-hybridized carbons (Fsp3) is 0.417. The molecule has 3 rings (SSSR count). The highest BCUT2D eigenvalue weighted by Crippen LogP contribution is 2.37. The summed E-state index contributed by atoms with van der Waals surface area (Å²) in [6, 6.07) is 8.89. The largest absolute Gasteiger partial charge is 0.482 e. The lowest BCUT2D eigenvalue weighted by Crippen LogP contribution is -2.25. The van der Waals surface area contributed by atoms with Crippen LogP contribution in [0.2, 0.25) is 0 Å². The van der Waals surface area contributed by atoms with Crippen molar-refractivity contribution in [1.82, 2.24) is 4.57 Å². The number of benzene rings is 1. The monoisotopic (exact) mass is 437 g/mol. The Morgan fingerprint density at radius 1 is 1.19 bits per heavy atom. The second kappa shape index (κ2) is 10.1. The average molecular weight is 437 g/mol. The first-order chi connectivity index (χ1) is 15.3. The predicted octanol–water partition coefficient (Wildman–Crippen LogP) is 3.86. The highest BCUT2D eigenvalue weighted by Gasteiger charge is 2.26. The van der Waals surface area contributed by atoms with Crippen LogP contribution in [0, 0.1) is 25.2 Å². The normalized spacial score (nSPS) is 13.4. The van der Waals surface area contributed by atoms with Crippen molar-refractivity contribution in [3.05, 3.63) is 46.6 Å². The van der Waals surface area contributed by atoms with Gasteiger partial charge in [0.15, 0.2) is 19.0 Å². The molecule has 1 fully saturated rings. The summed E-state index contributed by atoms with van der Waals surface area (Å²) in [5.41, 5.74) is 2.71. The van der Waals surface area contributed by atoms with E-state index in [9.17, 15) is 19.6 Å². The summed E-state index contributed by atoms with van der Waals surface area (Å²) >= 11 is 0. The van der Waals surface area contributed by atoms with E-state index in [0.717, 1.165) is 36.9 Å². The van der Waals surface area contributed by atoms with Crippen molar-refractivity contribution in [2.75, 3.05) is 18.5 Å². The lowest BCUT2D eigenvalue weighted by Gasteiger charge is -2.19. The number of aromatic nitrogens is 1. The van der Waals surface area contributed by atoms with Crippen LogP contribution < -0.4 is 10.1 Å². The third-order valence-electron chi connectivity index (χ3n) is 5.78. The third kappa shape index (κ3) is 5.17. The molecule has 0 radical (unpaired) electrons. The van der Waals surface area contributed by atoms with Crippen LogP contribution in [0.15, 0.2) is 24.3 Å². The van der Waals surface area contributed by atoms with Crippen molar-refractivity contribution in [1.29, 1.82) is 5.26 Å². The number of Topliss-reactive ketones (excluding diaryl/α,β-unsaturated/α-hetero) is 1. The molecule has 0 spiro atoms. The number of rotatable bonds is 8. The van der Waals surface area contributed by atoms with Crippen LogP contribution in [0.25, 0.3) is 0 Å².